The highest BCUT2D eigenvalue weighted by Crippen LogP contribution is 2.25. The van der Waals surface area contributed by atoms with Crippen LogP contribution in [-0.2, 0) is 14.3 Å². The summed E-state index contributed by atoms with van der Waals surface area (Å²) in [7, 11) is 4.01. The predicted molar refractivity (Wildman–Crippen MR) is 151 cm³/mol. The zero-order valence-electron chi connectivity index (χ0n) is 22.2. The minimum Gasteiger partial charge on any atom is -0.462 e. The number of carbonyl (C=O) groups excluding carboxylic acids is 2. The van der Waals surface area contributed by atoms with E-state index in [0.29, 0.717) is 16.5 Å². The van der Waals surface area contributed by atoms with Gasteiger partial charge >= 0.3 is 0 Å². The van der Waals surface area contributed by atoms with Crippen LogP contribution in [0.15, 0.2) is 34.6 Å². The lowest BCUT2D eigenvalue weighted by Gasteiger charge is -2.20. The van der Waals surface area contributed by atoms with Crippen molar-refractivity contribution in [3.63, 3.8) is 0 Å². The standard InChI is InChI=1S/C14H17Cl2N3.C6H13N.C5H10O2.CH2O/c1-4-5-11(15)8-18-7-10(2)12-6-14(17-3)19-9-13(12)16;1-7-5-3-2-4-6-7;1-5(2,3)7-4-6;1-2/h5-9H,4H2,1-3H3,(H,17,19);2-6H2,1H3;4H,1-3H3;1H2/b10-7+,11-5-,18-8+;;;. The highest BCUT2D eigenvalue weighted by Gasteiger charge is 2.07. The SMILES string of the molecule is C=O.CC(C)(C)OC=O.CC/C=C(Cl)/C=N/C=C(\C)c1cc(NC)ncc1Cl.CN1CCCCC1. The monoisotopic (exact) mass is 528 g/mol. The number of likely N-dealkylation sites (tertiary alicyclic amines) is 1. The lowest BCUT2D eigenvalue weighted by atomic mass is 10.1. The van der Waals surface area contributed by atoms with Crippen LogP contribution >= 0.6 is 23.2 Å². The molecule has 0 saturated carbocycles. The van der Waals surface area contributed by atoms with Crippen molar-refractivity contribution in [3.05, 3.63) is 40.2 Å². The Morgan fingerprint density at radius 1 is 1.29 bits per heavy atom. The Labute approximate surface area is 221 Å². The van der Waals surface area contributed by atoms with Crippen molar-refractivity contribution in [2.75, 3.05) is 32.5 Å². The van der Waals surface area contributed by atoms with Gasteiger partial charge in [0.1, 0.15) is 18.2 Å². The summed E-state index contributed by atoms with van der Waals surface area (Å²) in [6.07, 6.45) is 12.0. The van der Waals surface area contributed by atoms with Gasteiger partial charge in [0.25, 0.3) is 6.47 Å². The van der Waals surface area contributed by atoms with Crippen molar-refractivity contribution >= 4 is 54.1 Å². The van der Waals surface area contributed by atoms with Crippen LogP contribution in [0.2, 0.25) is 5.02 Å². The molecule has 35 heavy (non-hydrogen) atoms. The fraction of sp³-hybridized carbons (Fsp3) is 0.538. The van der Waals surface area contributed by atoms with Gasteiger partial charge in [-0.05, 0) is 78.7 Å². The van der Waals surface area contributed by atoms with Gasteiger partial charge in [-0.3, -0.25) is 9.79 Å². The molecule has 0 atom stereocenters. The van der Waals surface area contributed by atoms with Crippen LogP contribution in [0.1, 0.15) is 65.9 Å². The first-order valence-electron chi connectivity index (χ1n) is 11.5. The van der Waals surface area contributed by atoms with E-state index in [9.17, 15) is 4.79 Å². The van der Waals surface area contributed by atoms with Crippen molar-refractivity contribution in [1.82, 2.24) is 9.88 Å². The molecule has 0 amide bonds. The zero-order valence-corrected chi connectivity index (χ0v) is 23.7. The van der Waals surface area contributed by atoms with Crippen molar-refractivity contribution in [2.24, 2.45) is 4.99 Å². The molecular weight excluding hydrogens is 487 g/mol. The Bertz CT molecular complexity index is 800. The quantitative estimate of drug-likeness (QED) is 0.330. The smallest absolute Gasteiger partial charge is 0.293 e. The average molecular weight is 530 g/mol. The molecule has 1 N–H and O–H groups in total. The van der Waals surface area contributed by atoms with Crippen LogP contribution < -0.4 is 5.32 Å². The lowest BCUT2D eigenvalue weighted by Crippen LogP contribution is -2.24. The van der Waals surface area contributed by atoms with Gasteiger partial charge in [0.15, 0.2) is 0 Å². The molecule has 198 valence electrons. The molecule has 0 bridgehead atoms. The van der Waals surface area contributed by atoms with E-state index >= 15 is 0 Å². The largest absolute Gasteiger partial charge is 0.462 e. The van der Waals surface area contributed by atoms with E-state index in [-0.39, 0.29) is 5.60 Å². The summed E-state index contributed by atoms with van der Waals surface area (Å²) in [5.74, 6) is 0.764. The number of carbonyl (C=O) groups is 2. The summed E-state index contributed by atoms with van der Waals surface area (Å²) in [5, 5.41) is 4.20. The molecule has 2 heterocycles. The molecule has 1 aliphatic heterocycles. The second-order valence-corrected chi connectivity index (χ2v) is 9.42. The Morgan fingerprint density at radius 3 is 2.29 bits per heavy atom. The molecule has 1 aliphatic rings. The number of ether oxygens (including phenoxy) is 1. The highest BCUT2D eigenvalue weighted by molar-refractivity contribution is 6.39. The average Bonchev–Trinajstić information content (AvgIpc) is 2.81. The number of halogens is 2. The van der Waals surface area contributed by atoms with Crippen LogP contribution in [0.5, 0.6) is 0 Å². The second-order valence-electron chi connectivity index (χ2n) is 8.58. The van der Waals surface area contributed by atoms with Gasteiger partial charge < -0.3 is 19.7 Å². The third-order valence-corrected chi connectivity index (χ3v) is 4.94. The number of rotatable bonds is 6. The van der Waals surface area contributed by atoms with Crippen LogP contribution in [-0.4, -0.2) is 62.1 Å². The number of allylic oxidation sites excluding steroid dienone is 3. The number of hydrogen-bond donors (Lipinski definition) is 1. The number of aromatic nitrogens is 1. The first-order chi connectivity index (χ1) is 16.5. The molecular formula is C26H42Cl2N4O3. The van der Waals surface area contributed by atoms with Gasteiger partial charge in [-0.15, -0.1) is 0 Å². The number of pyridine rings is 1. The molecule has 1 saturated heterocycles. The van der Waals surface area contributed by atoms with Gasteiger partial charge in [0.05, 0.1) is 10.1 Å². The highest BCUT2D eigenvalue weighted by atomic mass is 35.5. The minimum absolute atomic E-state index is 0.318. The lowest BCUT2D eigenvalue weighted by molar-refractivity contribution is -0.138. The van der Waals surface area contributed by atoms with E-state index in [2.05, 4.69) is 32.0 Å². The van der Waals surface area contributed by atoms with Gasteiger partial charge in [-0.1, -0.05) is 42.6 Å². The molecule has 0 aromatic carbocycles. The molecule has 1 fully saturated rings. The van der Waals surface area contributed by atoms with E-state index < -0.39 is 0 Å². The number of piperidine rings is 1. The maximum atomic E-state index is 9.60. The molecule has 1 aromatic heterocycles. The van der Waals surface area contributed by atoms with Crippen LogP contribution in [0.3, 0.4) is 0 Å². The molecule has 0 radical (unpaired) electrons. The minimum atomic E-state index is -0.318. The van der Waals surface area contributed by atoms with E-state index in [1.807, 2.05) is 60.6 Å². The normalized spacial score (nSPS) is 14.4. The van der Waals surface area contributed by atoms with Crippen molar-refractivity contribution in [1.29, 1.82) is 0 Å². The van der Waals surface area contributed by atoms with Gasteiger partial charge in [0, 0.05) is 31.2 Å². The summed E-state index contributed by atoms with van der Waals surface area (Å²) in [4.78, 5) is 28.3. The van der Waals surface area contributed by atoms with Gasteiger partial charge in [-0.2, -0.15) is 0 Å². The maximum absolute atomic E-state index is 9.60. The Kier molecular flexibility index (Phi) is 21.1. The molecule has 9 heteroatoms. The number of hydrogen-bond acceptors (Lipinski definition) is 7. The third kappa shape index (κ3) is 19.7. The predicted octanol–water partition coefficient (Wildman–Crippen LogP) is 6.62. The van der Waals surface area contributed by atoms with E-state index in [4.69, 9.17) is 28.0 Å². The van der Waals surface area contributed by atoms with Crippen molar-refractivity contribution in [2.45, 2.75) is 65.9 Å². The summed E-state index contributed by atoms with van der Waals surface area (Å²) in [5.41, 5.74) is 1.52. The number of nitrogens with one attached hydrogen (secondary N) is 1. The third-order valence-electron chi connectivity index (χ3n) is 4.38. The van der Waals surface area contributed by atoms with Gasteiger partial charge in [0.2, 0.25) is 0 Å². The molecule has 0 aliphatic carbocycles. The molecule has 1 aromatic rings. The molecule has 2 rings (SSSR count). The fourth-order valence-corrected chi connectivity index (χ4v) is 3.07. The van der Waals surface area contributed by atoms with Crippen LogP contribution in [0.4, 0.5) is 5.82 Å². The van der Waals surface area contributed by atoms with E-state index in [0.717, 1.165) is 23.4 Å². The first kappa shape index (κ1) is 34.9. The topological polar surface area (TPSA) is 83.9 Å². The Balaban J connectivity index is 0. The van der Waals surface area contributed by atoms with E-state index in [1.54, 1.807) is 18.6 Å². The molecule has 7 nitrogen and oxygen atoms in total. The molecule has 0 spiro atoms. The van der Waals surface area contributed by atoms with Crippen molar-refractivity contribution < 1.29 is 14.3 Å². The van der Waals surface area contributed by atoms with Crippen LogP contribution in [0.25, 0.3) is 5.57 Å². The Morgan fingerprint density at radius 2 is 1.89 bits per heavy atom. The summed E-state index contributed by atoms with van der Waals surface area (Å²) in [6.45, 7) is 14.5. The Hall–Kier alpha value is -2.22. The first-order valence-corrected chi connectivity index (χ1v) is 12.3. The van der Waals surface area contributed by atoms with Crippen molar-refractivity contribution in [3.8, 4) is 0 Å². The number of aliphatic imine (C=N–C) groups is 1. The zero-order chi connectivity index (χ0) is 27.3. The fourth-order valence-electron chi connectivity index (χ4n) is 2.61. The maximum Gasteiger partial charge on any atom is 0.293 e. The van der Waals surface area contributed by atoms with Gasteiger partial charge in [-0.25, -0.2) is 4.98 Å². The number of anilines is 1. The summed E-state index contributed by atoms with van der Waals surface area (Å²) < 4.78 is 4.55. The summed E-state index contributed by atoms with van der Waals surface area (Å²) >= 11 is 12.0. The summed E-state index contributed by atoms with van der Waals surface area (Å²) in [6, 6.07) is 1.88. The number of nitrogens with zero attached hydrogens (tertiary/aromatic N) is 3. The molecule has 0 unspecified atom stereocenters. The van der Waals surface area contributed by atoms with E-state index in [1.165, 1.54) is 32.4 Å². The second kappa shape index (κ2) is 21.1. The van der Waals surface area contributed by atoms with Crippen LogP contribution in [0, 0.1) is 0 Å².